The minimum absolute atomic E-state index is 0.00115. The fourth-order valence-electron chi connectivity index (χ4n) is 7.81. The van der Waals surface area contributed by atoms with E-state index in [1.807, 2.05) is 6.07 Å². The number of piperidine rings is 1. The zero-order chi connectivity index (χ0) is 27.1. The Kier molecular flexibility index (Phi) is 5.38. The van der Waals surface area contributed by atoms with Gasteiger partial charge in [-0.2, -0.15) is 0 Å². The lowest BCUT2D eigenvalue weighted by atomic mass is 9.49. The number of nitrogens with one attached hydrogen (secondary N) is 1. The van der Waals surface area contributed by atoms with Gasteiger partial charge in [0.1, 0.15) is 22.9 Å². The molecular weight excluding hydrogens is 500 g/mol. The lowest BCUT2D eigenvalue weighted by Crippen LogP contribution is -2.76. The van der Waals surface area contributed by atoms with E-state index in [4.69, 9.17) is 18.9 Å². The van der Waals surface area contributed by atoms with Crippen molar-refractivity contribution in [3.8, 4) is 23.0 Å². The van der Waals surface area contributed by atoms with Crippen LogP contribution >= 0.6 is 0 Å². The standard InChI is InChI=1S/C30H34N2O7/c1-36-19-11-18(12-20(13-19)37-2)31-28(35)21-14-30(38-3)23-10-17-6-7-22(33)26-24(17)29(30,27(39-26)25(21)34)8-9-32(23)15-16-4-5-16/h6-7,11-13,16,23,27,33-34H,4-5,8-10,14-15H2,1-3H3,(H,31,35)/t23-,27+,29+,30-/m1/s1. The molecule has 0 radical (unpaired) electrons. The van der Waals surface area contributed by atoms with Crippen molar-refractivity contribution in [2.24, 2.45) is 5.92 Å². The van der Waals surface area contributed by atoms with Gasteiger partial charge in [-0.15, -0.1) is 0 Å². The van der Waals surface area contributed by atoms with E-state index < -0.39 is 23.0 Å². The summed E-state index contributed by atoms with van der Waals surface area (Å²) in [7, 11) is 4.81. The Bertz CT molecular complexity index is 1380. The number of carbonyl (C=O) groups is 1. The molecule has 1 saturated carbocycles. The summed E-state index contributed by atoms with van der Waals surface area (Å²) in [6.07, 6.45) is 3.30. The number of amides is 1. The minimum Gasteiger partial charge on any atom is -0.508 e. The summed E-state index contributed by atoms with van der Waals surface area (Å²) in [6.45, 7) is 1.84. The highest BCUT2D eigenvalue weighted by Gasteiger charge is 2.74. The summed E-state index contributed by atoms with van der Waals surface area (Å²) < 4.78 is 23.7. The molecule has 1 saturated heterocycles. The number of aromatic hydroxyl groups is 1. The van der Waals surface area contributed by atoms with Crippen molar-refractivity contribution < 1.29 is 34.0 Å². The number of nitrogens with zero attached hydrogens (tertiary/aromatic N) is 1. The van der Waals surface area contributed by atoms with E-state index in [-0.39, 0.29) is 29.5 Å². The molecule has 0 unspecified atom stereocenters. The number of hydrogen-bond donors (Lipinski definition) is 3. The molecule has 2 aromatic rings. The molecule has 7 rings (SSSR count). The second kappa shape index (κ2) is 8.53. The van der Waals surface area contributed by atoms with Crippen LogP contribution in [0.2, 0.25) is 0 Å². The fourth-order valence-corrected chi connectivity index (χ4v) is 7.81. The van der Waals surface area contributed by atoms with Crippen molar-refractivity contribution in [3.05, 3.63) is 52.8 Å². The number of anilines is 1. The highest BCUT2D eigenvalue weighted by molar-refractivity contribution is 6.05. The van der Waals surface area contributed by atoms with Crippen LogP contribution in [-0.2, 0) is 21.4 Å². The summed E-state index contributed by atoms with van der Waals surface area (Å²) >= 11 is 0. The number of phenolic OH excluding ortho intramolecular Hbond substituents is 1. The van der Waals surface area contributed by atoms with Gasteiger partial charge < -0.3 is 34.5 Å². The van der Waals surface area contributed by atoms with Crippen LogP contribution in [0, 0.1) is 5.92 Å². The zero-order valence-electron chi connectivity index (χ0n) is 22.5. The second-order valence-corrected chi connectivity index (χ2v) is 11.5. The van der Waals surface area contributed by atoms with Gasteiger partial charge in [-0.25, -0.2) is 0 Å². The summed E-state index contributed by atoms with van der Waals surface area (Å²) in [4.78, 5) is 16.4. The van der Waals surface area contributed by atoms with Gasteiger partial charge in [-0.1, -0.05) is 6.07 Å². The van der Waals surface area contributed by atoms with Crippen LogP contribution in [0.25, 0.3) is 0 Å². The third-order valence-corrected chi connectivity index (χ3v) is 9.73. The van der Waals surface area contributed by atoms with Gasteiger partial charge in [-0.05, 0) is 49.8 Å². The molecule has 4 atom stereocenters. The summed E-state index contributed by atoms with van der Waals surface area (Å²) in [6, 6.07) is 8.78. The smallest absolute Gasteiger partial charge is 0.255 e. The summed E-state index contributed by atoms with van der Waals surface area (Å²) in [5.41, 5.74) is 1.24. The van der Waals surface area contributed by atoms with Gasteiger partial charge in [0.2, 0.25) is 0 Å². The molecule has 2 aromatic carbocycles. The molecule has 9 heteroatoms. The first kappa shape index (κ1) is 24.6. The third-order valence-electron chi connectivity index (χ3n) is 9.73. The van der Waals surface area contributed by atoms with E-state index in [9.17, 15) is 15.0 Å². The van der Waals surface area contributed by atoms with Gasteiger partial charge in [0.25, 0.3) is 5.91 Å². The van der Waals surface area contributed by atoms with Crippen LogP contribution in [0.4, 0.5) is 5.69 Å². The maximum Gasteiger partial charge on any atom is 0.255 e. The SMILES string of the molecule is COc1cc(NC(=O)C2=C(O)[C@@H]3Oc4c(O)ccc5c4[C@@]34CCN(CC3CC3)[C@H](C5)[C@]4(OC)C2)cc(OC)c1. The van der Waals surface area contributed by atoms with Gasteiger partial charge in [0, 0.05) is 55.6 Å². The number of methoxy groups -OCH3 is 3. The van der Waals surface area contributed by atoms with Crippen LogP contribution in [0.1, 0.15) is 36.8 Å². The quantitative estimate of drug-likeness (QED) is 0.494. The van der Waals surface area contributed by atoms with Crippen molar-refractivity contribution in [1.82, 2.24) is 4.90 Å². The Hall–Kier alpha value is -3.43. The number of benzene rings is 2. The molecule has 5 aliphatic rings. The van der Waals surface area contributed by atoms with Crippen LogP contribution < -0.4 is 19.5 Å². The average Bonchev–Trinajstić information content (AvgIpc) is 3.69. The number of likely N-dealkylation sites (tertiary alicyclic amines) is 1. The summed E-state index contributed by atoms with van der Waals surface area (Å²) in [5.74, 6) is 1.67. The molecule has 2 fully saturated rings. The predicted octanol–water partition coefficient (Wildman–Crippen LogP) is 3.69. The molecular formula is C30H34N2O7. The number of aliphatic hydroxyl groups is 1. The normalized spacial score (nSPS) is 30.4. The molecule has 206 valence electrons. The molecule has 39 heavy (non-hydrogen) atoms. The van der Waals surface area contributed by atoms with Crippen molar-refractivity contribution in [3.63, 3.8) is 0 Å². The van der Waals surface area contributed by atoms with E-state index in [2.05, 4.69) is 10.2 Å². The van der Waals surface area contributed by atoms with Crippen LogP contribution in [0.5, 0.6) is 23.0 Å². The van der Waals surface area contributed by atoms with Gasteiger partial charge >= 0.3 is 0 Å². The van der Waals surface area contributed by atoms with Crippen molar-refractivity contribution in [1.29, 1.82) is 0 Å². The Morgan fingerprint density at radius 3 is 2.54 bits per heavy atom. The minimum atomic E-state index is -0.834. The lowest BCUT2D eigenvalue weighted by molar-refractivity contribution is -0.189. The maximum absolute atomic E-state index is 13.8. The first-order chi connectivity index (χ1) is 18.8. The van der Waals surface area contributed by atoms with Gasteiger partial charge in [0.15, 0.2) is 17.6 Å². The largest absolute Gasteiger partial charge is 0.508 e. The molecule has 1 amide bonds. The van der Waals surface area contributed by atoms with E-state index in [0.29, 0.717) is 35.3 Å². The zero-order valence-corrected chi connectivity index (χ0v) is 22.5. The molecule has 3 N–H and O–H groups in total. The van der Waals surface area contributed by atoms with Crippen molar-refractivity contribution in [2.45, 2.75) is 55.3 Å². The van der Waals surface area contributed by atoms with E-state index in [1.165, 1.54) is 12.8 Å². The number of aliphatic hydroxyl groups excluding tert-OH is 1. The van der Waals surface area contributed by atoms with E-state index in [1.54, 1.807) is 45.6 Å². The topological polar surface area (TPSA) is 110 Å². The predicted molar refractivity (Wildman–Crippen MR) is 143 cm³/mol. The van der Waals surface area contributed by atoms with E-state index >= 15 is 0 Å². The summed E-state index contributed by atoms with van der Waals surface area (Å²) in [5, 5.41) is 25.5. The number of phenols is 1. The second-order valence-electron chi connectivity index (χ2n) is 11.5. The molecule has 9 nitrogen and oxygen atoms in total. The molecule has 2 heterocycles. The highest BCUT2D eigenvalue weighted by Crippen LogP contribution is 2.67. The van der Waals surface area contributed by atoms with Crippen LogP contribution in [-0.4, -0.2) is 73.2 Å². The molecule has 1 spiro atoms. The monoisotopic (exact) mass is 534 g/mol. The number of hydrogen-bond acceptors (Lipinski definition) is 8. The van der Waals surface area contributed by atoms with Crippen molar-refractivity contribution in [2.75, 3.05) is 39.7 Å². The first-order valence-electron chi connectivity index (χ1n) is 13.6. The first-order valence-corrected chi connectivity index (χ1v) is 13.6. The molecule has 2 aliphatic heterocycles. The van der Waals surface area contributed by atoms with Crippen LogP contribution in [0.3, 0.4) is 0 Å². The fraction of sp³-hybridized carbons (Fsp3) is 0.500. The Morgan fingerprint density at radius 1 is 1.13 bits per heavy atom. The maximum atomic E-state index is 13.8. The van der Waals surface area contributed by atoms with E-state index in [0.717, 1.165) is 30.6 Å². The highest BCUT2D eigenvalue weighted by atomic mass is 16.5. The molecule has 2 bridgehead atoms. The number of ether oxygens (including phenoxy) is 4. The Balaban J connectivity index is 1.35. The Labute approximate surface area is 227 Å². The Morgan fingerprint density at radius 2 is 1.87 bits per heavy atom. The molecule has 3 aliphatic carbocycles. The lowest BCUT2D eigenvalue weighted by Gasteiger charge is -2.64. The molecule has 0 aromatic heterocycles. The number of carbonyl (C=O) groups excluding carboxylic acids is 1. The average molecular weight is 535 g/mol. The van der Waals surface area contributed by atoms with Gasteiger partial charge in [0.05, 0.1) is 25.2 Å². The number of rotatable bonds is 7. The van der Waals surface area contributed by atoms with Gasteiger partial charge in [-0.3, -0.25) is 9.69 Å². The third kappa shape index (κ3) is 3.29. The van der Waals surface area contributed by atoms with Crippen LogP contribution in [0.15, 0.2) is 41.7 Å². The van der Waals surface area contributed by atoms with Crippen molar-refractivity contribution >= 4 is 11.6 Å².